The molecule has 6 heteroatoms. The Morgan fingerprint density at radius 1 is 1.56 bits per heavy atom. The number of hydrogen-bond donors (Lipinski definition) is 1. The van der Waals surface area contributed by atoms with Crippen molar-refractivity contribution in [2.75, 3.05) is 0 Å². The van der Waals surface area contributed by atoms with Crippen LogP contribution in [0.1, 0.15) is 13.3 Å². The van der Waals surface area contributed by atoms with Crippen LogP contribution in [-0.4, -0.2) is 11.0 Å². The van der Waals surface area contributed by atoms with Crippen molar-refractivity contribution in [2.24, 2.45) is 11.7 Å². The normalized spacial score (nSPS) is 21.8. The molecule has 0 fully saturated rings. The Morgan fingerprint density at radius 3 is 2.50 bits per heavy atom. The molecule has 1 atom stereocenters. The molecule has 0 aromatic carbocycles. The van der Waals surface area contributed by atoms with Gasteiger partial charge in [-0.25, -0.2) is 0 Å². The molecule has 0 aromatic heterocycles. The molecule has 1 rings (SSSR count). The summed E-state index contributed by atoms with van der Waals surface area (Å²) in [5.74, 6) is -2.04. The van der Waals surface area contributed by atoms with Gasteiger partial charge in [0.05, 0.1) is 10.9 Å². The van der Waals surface area contributed by atoms with Gasteiger partial charge in [-0.05, 0) is 18.1 Å². The summed E-state index contributed by atoms with van der Waals surface area (Å²) < 4.78 is 38.0. The van der Waals surface area contributed by atoms with E-state index in [0.29, 0.717) is 12.0 Å². The van der Waals surface area contributed by atoms with Gasteiger partial charge in [-0.2, -0.15) is 18.4 Å². The van der Waals surface area contributed by atoms with Gasteiger partial charge in [0.2, 0.25) is 0 Å². The molecule has 0 bridgehead atoms. The highest BCUT2D eigenvalue weighted by Crippen LogP contribution is 2.38. The molecule has 1 aliphatic rings. The second-order valence-corrected chi connectivity index (χ2v) is 3.78. The fourth-order valence-electron chi connectivity index (χ4n) is 1.52. The molecule has 0 aliphatic heterocycles. The predicted molar refractivity (Wildman–Crippen MR) is 57.3 cm³/mol. The summed E-state index contributed by atoms with van der Waals surface area (Å²) in [4.78, 5) is -0.400. The van der Waals surface area contributed by atoms with Gasteiger partial charge in [0.15, 0.2) is 0 Å². The number of nitriles is 1. The van der Waals surface area contributed by atoms with E-state index in [1.54, 1.807) is 6.92 Å². The Bertz CT molecular complexity index is 426. The molecule has 0 heterocycles. The van der Waals surface area contributed by atoms with Crippen LogP contribution in [0.3, 0.4) is 0 Å². The first-order valence-corrected chi connectivity index (χ1v) is 4.95. The minimum absolute atomic E-state index is 0.0289. The van der Waals surface area contributed by atoms with E-state index in [4.69, 9.17) is 11.0 Å². The van der Waals surface area contributed by atoms with Crippen molar-refractivity contribution >= 4 is 17.1 Å². The summed E-state index contributed by atoms with van der Waals surface area (Å²) in [6, 6.07) is 1.54. The van der Waals surface area contributed by atoms with Crippen LogP contribution in [0, 0.1) is 17.2 Å². The highest BCUT2D eigenvalue weighted by molar-refractivity contribution is 7.81. The first kappa shape index (κ1) is 12.7. The molecule has 0 saturated heterocycles. The van der Waals surface area contributed by atoms with Crippen LogP contribution in [0.2, 0.25) is 0 Å². The molecule has 0 amide bonds. The van der Waals surface area contributed by atoms with E-state index in [9.17, 15) is 13.2 Å². The second kappa shape index (κ2) is 4.26. The SMILES string of the molecule is CCC1=C(N)C(=S)C(C(F)(F)F)C(C#N)=C1. The Labute approximate surface area is 96.2 Å². The Kier molecular flexibility index (Phi) is 3.38. The third kappa shape index (κ3) is 2.09. The summed E-state index contributed by atoms with van der Waals surface area (Å²) in [6.07, 6.45) is -2.94. The molecule has 1 unspecified atom stereocenters. The minimum atomic E-state index is -4.57. The maximum Gasteiger partial charge on any atom is 0.401 e. The van der Waals surface area contributed by atoms with Crippen molar-refractivity contribution in [1.29, 1.82) is 5.26 Å². The Morgan fingerprint density at radius 2 is 2.12 bits per heavy atom. The molecule has 0 saturated carbocycles. The maximum absolute atomic E-state index is 12.7. The van der Waals surface area contributed by atoms with Crippen LogP contribution < -0.4 is 5.73 Å². The van der Waals surface area contributed by atoms with Gasteiger partial charge in [0, 0.05) is 11.3 Å². The van der Waals surface area contributed by atoms with Gasteiger partial charge >= 0.3 is 6.18 Å². The van der Waals surface area contributed by atoms with Gasteiger partial charge < -0.3 is 5.73 Å². The van der Waals surface area contributed by atoms with Gasteiger partial charge in [-0.3, -0.25) is 0 Å². The van der Waals surface area contributed by atoms with E-state index in [-0.39, 0.29) is 11.3 Å². The lowest BCUT2D eigenvalue weighted by atomic mass is 9.85. The summed E-state index contributed by atoms with van der Waals surface area (Å²) in [7, 11) is 0. The minimum Gasteiger partial charge on any atom is -0.398 e. The van der Waals surface area contributed by atoms with Crippen LogP contribution >= 0.6 is 12.2 Å². The van der Waals surface area contributed by atoms with E-state index in [1.807, 2.05) is 0 Å². The zero-order valence-corrected chi connectivity index (χ0v) is 9.25. The van der Waals surface area contributed by atoms with E-state index < -0.39 is 17.0 Å². The van der Waals surface area contributed by atoms with Gasteiger partial charge in [0.1, 0.15) is 5.92 Å². The van der Waals surface area contributed by atoms with Crippen molar-refractivity contribution < 1.29 is 13.2 Å². The Balaban J connectivity index is 3.31. The van der Waals surface area contributed by atoms with Crippen LogP contribution in [-0.2, 0) is 0 Å². The number of allylic oxidation sites excluding steroid dienone is 4. The monoisotopic (exact) mass is 246 g/mol. The second-order valence-electron chi connectivity index (χ2n) is 3.34. The average Bonchev–Trinajstić information content (AvgIpc) is 2.19. The first-order chi connectivity index (χ1) is 7.32. The number of hydrogen-bond acceptors (Lipinski definition) is 3. The quantitative estimate of drug-likeness (QED) is 0.723. The fourth-order valence-corrected chi connectivity index (χ4v) is 1.91. The number of nitrogens with zero attached hydrogens (tertiary/aromatic N) is 1. The zero-order valence-electron chi connectivity index (χ0n) is 8.43. The smallest absolute Gasteiger partial charge is 0.398 e. The van der Waals surface area contributed by atoms with E-state index in [1.165, 1.54) is 12.1 Å². The lowest BCUT2D eigenvalue weighted by molar-refractivity contribution is -0.144. The van der Waals surface area contributed by atoms with Crippen LogP contribution in [0.25, 0.3) is 0 Å². The van der Waals surface area contributed by atoms with Crippen LogP contribution in [0.4, 0.5) is 13.2 Å². The zero-order chi connectivity index (χ0) is 12.5. The first-order valence-electron chi connectivity index (χ1n) is 4.54. The highest BCUT2D eigenvalue weighted by atomic mass is 32.1. The molecule has 1 aliphatic carbocycles. The molecular formula is C10H9F3N2S. The van der Waals surface area contributed by atoms with E-state index in [2.05, 4.69) is 12.2 Å². The fraction of sp³-hybridized carbons (Fsp3) is 0.400. The summed E-state index contributed by atoms with van der Waals surface area (Å²) >= 11 is 4.69. The number of thiocarbonyl (C=S) groups is 1. The largest absolute Gasteiger partial charge is 0.401 e. The molecule has 2 nitrogen and oxygen atoms in total. The van der Waals surface area contributed by atoms with E-state index >= 15 is 0 Å². The van der Waals surface area contributed by atoms with E-state index in [0.717, 1.165) is 0 Å². The molecule has 0 radical (unpaired) electrons. The molecular weight excluding hydrogens is 237 g/mol. The van der Waals surface area contributed by atoms with Crippen molar-refractivity contribution in [2.45, 2.75) is 19.5 Å². The summed E-state index contributed by atoms with van der Waals surface area (Å²) in [6.45, 7) is 1.74. The summed E-state index contributed by atoms with van der Waals surface area (Å²) in [5, 5.41) is 8.70. The molecule has 16 heavy (non-hydrogen) atoms. The van der Waals surface area contributed by atoms with Crippen molar-refractivity contribution in [1.82, 2.24) is 0 Å². The van der Waals surface area contributed by atoms with Crippen molar-refractivity contribution in [3.05, 3.63) is 22.9 Å². The lowest BCUT2D eigenvalue weighted by Crippen LogP contribution is -2.36. The van der Waals surface area contributed by atoms with Gasteiger partial charge in [-0.1, -0.05) is 19.1 Å². The van der Waals surface area contributed by atoms with Gasteiger partial charge in [0.25, 0.3) is 0 Å². The third-order valence-electron chi connectivity index (χ3n) is 2.35. The predicted octanol–water partition coefficient (Wildman–Crippen LogP) is 2.62. The third-order valence-corrected chi connectivity index (χ3v) is 2.81. The van der Waals surface area contributed by atoms with Crippen LogP contribution in [0.15, 0.2) is 22.9 Å². The van der Waals surface area contributed by atoms with Crippen molar-refractivity contribution in [3.63, 3.8) is 0 Å². The van der Waals surface area contributed by atoms with Crippen LogP contribution in [0.5, 0.6) is 0 Å². The summed E-state index contributed by atoms with van der Waals surface area (Å²) in [5.41, 5.74) is 5.59. The highest BCUT2D eigenvalue weighted by Gasteiger charge is 2.47. The van der Waals surface area contributed by atoms with Gasteiger partial charge in [-0.15, -0.1) is 0 Å². The maximum atomic E-state index is 12.7. The Hall–Kier alpha value is -1.35. The number of rotatable bonds is 1. The molecule has 86 valence electrons. The number of alkyl halides is 3. The van der Waals surface area contributed by atoms with Crippen molar-refractivity contribution in [3.8, 4) is 6.07 Å². The molecule has 0 aromatic rings. The molecule has 2 N–H and O–H groups in total. The molecule has 0 spiro atoms. The average molecular weight is 246 g/mol. The number of nitrogens with two attached hydrogens (primary N) is 1. The topological polar surface area (TPSA) is 49.8 Å². The standard InChI is InChI=1S/C10H9F3N2S/c1-2-5-3-6(4-14)7(10(11,12)13)9(16)8(5)15/h3,7H,2,15H2,1H3. The lowest BCUT2D eigenvalue weighted by Gasteiger charge is -2.25. The number of halogens is 3.